The molecule has 0 aliphatic carbocycles. The van der Waals surface area contributed by atoms with Crippen LogP contribution in [0.4, 0.5) is 14.5 Å². The van der Waals surface area contributed by atoms with Crippen LogP contribution in [0.2, 0.25) is 0 Å². The Kier molecular flexibility index (Phi) is 6.51. The molecule has 1 fully saturated rings. The van der Waals surface area contributed by atoms with Gasteiger partial charge in [-0.1, -0.05) is 19.1 Å². The average Bonchev–Trinajstić information content (AvgIpc) is 2.81. The third-order valence-electron chi connectivity index (χ3n) is 4.16. The number of anilines is 1. The molecule has 0 amide bonds. The largest absolute Gasteiger partial charge is 0.358 e. The van der Waals surface area contributed by atoms with E-state index >= 15 is 4.39 Å². The maximum atomic E-state index is 15.1. The van der Waals surface area contributed by atoms with Crippen LogP contribution < -0.4 is 10.6 Å². The number of rotatable bonds is 5. The van der Waals surface area contributed by atoms with E-state index in [4.69, 9.17) is 5.26 Å². The smallest absolute Gasteiger partial charge is 0.147 e. The van der Waals surface area contributed by atoms with Crippen molar-refractivity contribution in [3.8, 4) is 6.07 Å². The fourth-order valence-corrected chi connectivity index (χ4v) is 2.75. The van der Waals surface area contributed by atoms with E-state index in [-0.39, 0.29) is 5.69 Å². The Hall–Kier alpha value is -2.19. The van der Waals surface area contributed by atoms with Crippen molar-refractivity contribution in [3.63, 3.8) is 0 Å². The molecule has 1 aromatic carbocycles. The molecule has 3 nitrogen and oxygen atoms in total. The minimum Gasteiger partial charge on any atom is -0.358 e. The van der Waals surface area contributed by atoms with Gasteiger partial charge in [-0.3, -0.25) is 0 Å². The Morgan fingerprint density at radius 3 is 2.96 bits per heavy atom. The molecule has 1 saturated heterocycles. The van der Waals surface area contributed by atoms with Gasteiger partial charge in [0.2, 0.25) is 0 Å². The van der Waals surface area contributed by atoms with Gasteiger partial charge in [0, 0.05) is 6.20 Å². The van der Waals surface area contributed by atoms with Gasteiger partial charge in [0.15, 0.2) is 0 Å². The Morgan fingerprint density at radius 1 is 1.42 bits per heavy atom. The summed E-state index contributed by atoms with van der Waals surface area (Å²) in [5, 5.41) is 15.0. The van der Waals surface area contributed by atoms with E-state index in [1.165, 1.54) is 18.3 Å². The Labute approximate surface area is 142 Å². The summed E-state index contributed by atoms with van der Waals surface area (Å²) in [4.78, 5) is 0. The fourth-order valence-electron chi connectivity index (χ4n) is 2.75. The van der Waals surface area contributed by atoms with Crippen molar-refractivity contribution in [2.24, 2.45) is 0 Å². The van der Waals surface area contributed by atoms with Crippen molar-refractivity contribution in [1.29, 1.82) is 5.26 Å². The topological polar surface area (TPSA) is 47.9 Å². The first-order valence-corrected chi connectivity index (χ1v) is 8.32. The quantitative estimate of drug-likeness (QED) is 0.615. The number of nitrogens with zero attached hydrogens (tertiary/aromatic N) is 1. The summed E-state index contributed by atoms with van der Waals surface area (Å²) in [6.45, 7) is 3.35. The number of hydrogen-bond donors (Lipinski definition) is 2. The number of nitrogens with one attached hydrogen (secondary N) is 2. The number of hydrogen-bond acceptors (Lipinski definition) is 3. The molecule has 0 bridgehead atoms. The van der Waals surface area contributed by atoms with Gasteiger partial charge >= 0.3 is 0 Å². The van der Waals surface area contributed by atoms with E-state index < -0.39 is 11.5 Å². The molecule has 0 saturated carbocycles. The first-order valence-electron chi connectivity index (χ1n) is 8.32. The Balaban J connectivity index is 2.16. The highest BCUT2D eigenvalue weighted by Crippen LogP contribution is 2.36. The van der Waals surface area contributed by atoms with Crippen molar-refractivity contribution in [2.45, 2.75) is 38.3 Å². The molecule has 1 aromatic rings. The van der Waals surface area contributed by atoms with E-state index in [0.29, 0.717) is 30.5 Å². The summed E-state index contributed by atoms with van der Waals surface area (Å²) < 4.78 is 29.4. The van der Waals surface area contributed by atoms with Crippen molar-refractivity contribution in [2.75, 3.05) is 18.4 Å². The van der Waals surface area contributed by atoms with Gasteiger partial charge in [-0.2, -0.15) is 5.26 Å². The van der Waals surface area contributed by atoms with E-state index in [1.54, 1.807) is 12.1 Å². The molecule has 1 unspecified atom stereocenters. The molecule has 1 aliphatic rings. The van der Waals surface area contributed by atoms with Crippen LogP contribution in [-0.2, 0) is 5.67 Å². The van der Waals surface area contributed by atoms with Gasteiger partial charge in [-0.05, 0) is 62.5 Å². The molecule has 2 N–H and O–H groups in total. The van der Waals surface area contributed by atoms with Gasteiger partial charge < -0.3 is 10.6 Å². The van der Waals surface area contributed by atoms with Crippen molar-refractivity contribution in [3.05, 3.63) is 53.5 Å². The van der Waals surface area contributed by atoms with Gasteiger partial charge in [0.1, 0.15) is 17.6 Å². The number of halogens is 2. The SMILES string of the molecule is CC/C=C\C(C#N)=C\Nc1ccc(C2(F)CCCNCC2)cc1F. The van der Waals surface area contributed by atoms with Crippen molar-refractivity contribution >= 4 is 5.69 Å². The summed E-state index contributed by atoms with van der Waals surface area (Å²) >= 11 is 0. The van der Waals surface area contributed by atoms with Crippen LogP contribution in [-0.4, -0.2) is 13.1 Å². The molecule has 1 atom stereocenters. The molecule has 1 heterocycles. The highest BCUT2D eigenvalue weighted by Gasteiger charge is 2.33. The zero-order valence-corrected chi connectivity index (χ0v) is 13.9. The van der Waals surface area contributed by atoms with Crippen LogP contribution in [0.3, 0.4) is 0 Å². The van der Waals surface area contributed by atoms with Crippen molar-refractivity contribution < 1.29 is 8.78 Å². The second kappa shape index (κ2) is 8.60. The normalized spacial score (nSPS) is 22.2. The van der Waals surface area contributed by atoms with E-state index in [1.807, 2.05) is 19.1 Å². The molecular formula is C19H23F2N3. The van der Waals surface area contributed by atoms with Gasteiger partial charge in [0.25, 0.3) is 0 Å². The molecule has 1 aliphatic heterocycles. The third kappa shape index (κ3) is 4.65. The third-order valence-corrected chi connectivity index (χ3v) is 4.16. The average molecular weight is 331 g/mol. The lowest BCUT2D eigenvalue weighted by molar-refractivity contribution is 0.144. The van der Waals surface area contributed by atoms with Crippen molar-refractivity contribution in [1.82, 2.24) is 5.32 Å². The molecule has 0 aromatic heterocycles. The minimum absolute atomic E-state index is 0.228. The monoisotopic (exact) mass is 331 g/mol. The van der Waals surface area contributed by atoms with Crippen LogP contribution in [0, 0.1) is 17.1 Å². The number of allylic oxidation sites excluding steroid dienone is 3. The lowest BCUT2D eigenvalue weighted by atomic mass is 9.88. The van der Waals surface area contributed by atoms with E-state index in [2.05, 4.69) is 10.6 Å². The standard InChI is InChI=1S/C19H23F2N3/c1-2-3-5-15(13-22)14-24-18-7-6-16(12-17(18)20)19(21)8-4-10-23-11-9-19/h3,5-7,12,14,23-24H,2,4,8-11H2,1H3/b5-3-,15-14-. The molecule has 5 heteroatoms. The van der Waals surface area contributed by atoms with Crippen LogP contribution in [0.15, 0.2) is 42.1 Å². The molecular weight excluding hydrogens is 308 g/mol. The first-order chi connectivity index (χ1) is 11.6. The maximum absolute atomic E-state index is 15.1. The molecule has 128 valence electrons. The Bertz CT molecular complexity index is 651. The summed E-state index contributed by atoms with van der Waals surface area (Å²) in [5.41, 5.74) is -0.478. The first kappa shape index (κ1) is 18.2. The lowest BCUT2D eigenvalue weighted by Gasteiger charge is -2.24. The maximum Gasteiger partial charge on any atom is 0.147 e. The van der Waals surface area contributed by atoms with E-state index in [9.17, 15) is 4.39 Å². The lowest BCUT2D eigenvalue weighted by Crippen LogP contribution is -2.22. The summed E-state index contributed by atoms with van der Waals surface area (Å²) in [6.07, 6.45) is 7.26. The highest BCUT2D eigenvalue weighted by atomic mass is 19.1. The molecule has 0 radical (unpaired) electrons. The van der Waals surface area contributed by atoms with Crippen LogP contribution in [0.1, 0.15) is 38.2 Å². The second-order valence-electron chi connectivity index (χ2n) is 5.93. The highest BCUT2D eigenvalue weighted by molar-refractivity contribution is 5.51. The van der Waals surface area contributed by atoms with Crippen LogP contribution >= 0.6 is 0 Å². The minimum atomic E-state index is -1.49. The number of benzene rings is 1. The summed E-state index contributed by atoms with van der Waals surface area (Å²) in [6, 6.07) is 6.44. The van der Waals surface area contributed by atoms with Gasteiger partial charge in [0.05, 0.1) is 11.3 Å². The zero-order chi connectivity index (χ0) is 17.4. The Morgan fingerprint density at radius 2 is 2.25 bits per heavy atom. The summed E-state index contributed by atoms with van der Waals surface area (Å²) in [5.74, 6) is -0.519. The van der Waals surface area contributed by atoms with Crippen LogP contribution in [0.5, 0.6) is 0 Å². The molecule has 24 heavy (non-hydrogen) atoms. The molecule has 2 rings (SSSR count). The van der Waals surface area contributed by atoms with Gasteiger partial charge in [-0.15, -0.1) is 0 Å². The molecule has 0 spiro atoms. The van der Waals surface area contributed by atoms with Crippen LogP contribution in [0.25, 0.3) is 0 Å². The second-order valence-corrected chi connectivity index (χ2v) is 5.93. The predicted octanol–water partition coefficient (Wildman–Crippen LogP) is 4.55. The predicted molar refractivity (Wildman–Crippen MR) is 92.7 cm³/mol. The van der Waals surface area contributed by atoms with E-state index in [0.717, 1.165) is 19.4 Å². The summed E-state index contributed by atoms with van der Waals surface area (Å²) in [7, 11) is 0. The zero-order valence-electron chi connectivity index (χ0n) is 13.9. The number of nitriles is 1. The number of alkyl halides is 1. The van der Waals surface area contributed by atoms with Gasteiger partial charge in [-0.25, -0.2) is 8.78 Å². The fraction of sp³-hybridized carbons (Fsp3) is 0.421.